The van der Waals surface area contributed by atoms with Gasteiger partial charge in [0.05, 0.1) is 14.2 Å². The van der Waals surface area contributed by atoms with Gasteiger partial charge in [-0.2, -0.15) is 0 Å². The first-order chi connectivity index (χ1) is 12.3. The quantitative estimate of drug-likeness (QED) is 0.821. The van der Waals surface area contributed by atoms with Crippen LogP contribution < -0.4 is 19.5 Å². The molecule has 26 heavy (non-hydrogen) atoms. The van der Waals surface area contributed by atoms with Gasteiger partial charge in [0.15, 0.2) is 17.6 Å². The zero-order chi connectivity index (χ0) is 19.3. The average Bonchev–Trinajstić information content (AvgIpc) is 2.63. The molecule has 0 unspecified atom stereocenters. The third kappa shape index (κ3) is 4.69. The van der Waals surface area contributed by atoms with Gasteiger partial charge in [-0.25, -0.2) is 0 Å². The summed E-state index contributed by atoms with van der Waals surface area (Å²) in [7, 11) is 3.18. The first-order valence-corrected chi connectivity index (χ1v) is 8.58. The van der Waals surface area contributed by atoms with Gasteiger partial charge in [-0.05, 0) is 68.1 Å². The van der Waals surface area contributed by atoms with Crippen LogP contribution >= 0.6 is 0 Å². The minimum absolute atomic E-state index is 0.168. The van der Waals surface area contributed by atoms with Crippen LogP contribution in [-0.2, 0) is 11.3 Å². The minimum Gasteiger partial charge on any atom is -0.493 e. The summed E-state index contributed by atoms with van der Waals surface area (Å²) < 4.78 is 16.4. The summed E-state index contributed by atoms with van der Waals surface area (Å²) in [6.07, 6.45) is -0.588. The Labute approximate surface area is 155 Å². The predicted octanol–water partition coefficient (Wildman–Crippen LogP) is 3.71. The molecule has 5 nitrogen and oxygen atoms in total. The predicted molar refractivity (Wildman–Crippen MR) is 102 cm³/mol. The number of aryl methyl sites for hydroxylation is 2. The summed E-state index contributed by atoms with van der Waals surface area (Å²) in [4.78, 5) is 12.4. The van der Waals surface area contributed by atoms with Crippen LogP contribution in [0.4, 0.5) is 0 Å². The lowest BCUT2D eigenvalue weighted by Crippen LogP contribution is -2.36. The molecule has 0 saturated heterocycles. The summed E-state index contributed by atoms with van der Waals surface area (Å²) in [5.74, 6) is 1.87. The number of hydrogen-bond acceptors (Lipinski definition) is 4. The molecule has 0 aliphatic carbocycles. The minimum atomic E-state index is -0.588. The Morgan fingerprint density at radius 1 is 1.00 bits per heavy atom. The Morgan fingerprint density at radius 2 is 1.69 bits per heavy atom. The summed E-state index contributed by atoms with van der Waals surface area (Å²) >= 11 is 0. The fourth-order valence-corrected chi connectivity index (χ4v) is 2.69. The Balaban J connectivity index is 2.00. The van der Waals surface area contributed by atoms with Crippen LogP contribution in [0.3, 0.4) is 0 Å². The fourth-order valence-electron chi connectivity index (χ4n) is 2.69. The van der Waals surface area contributed by atoms with Crippen LogP contribution in [0.25, 0.3) is 0 Å². The SMILES string of the molecule is COc1ccc(CNC(=O)[C@@H](C)Oc2cc(C)cc(C)c2C)cc1OC. The van der Waals surface area contributed by atoms with Gasteiger partial charge in [0.2, 0.25) is 0 Å². The van der Waals surface area contributed by atoms with Gasteiger partial charge < -0.3 is 19.5 Å². The van der Waals surface area contributed by atoms with Gasteiger partial charge in [-0.3, -0.25) is 4.79 Å². The molecule has 1 atom stereocenters. The Morgan fingerprint density at radius 3 is 2.35 bits per heavy atom. The topological polar surface area (TPSA) is 56.8 Å². The highest BCUT2D eigenvalue weighted by molar-refractivity contribution is 5.80. The molecule has 0 aromatic heterocycles. The van der Waals surface area contributed by atoms with Gasteiger partial charge >= 0.3 is 0 Å². The van der Waals surface area contributed by atoms with Crippen molar-refractivity contribution in [3.05, 3.63) is 52.6 Å². The van der Waals surface area contributed by atoms with E-state index in [1.807, 2.05) is 45.0 Å². The molecule has 0 bridgehead atoms. The molecule has 140 valence electrons. The average molecular weight is 357 g/mol. The molecule has 2 aromatic carbocycles. The van der Waals surface area contributed by atoms with Crippen LogP contribution in [0.15, 0.2) is 30.3 Å². The highest BCUT2D eigenvalue weighted by atomic mass is 16.5. The molecule has 0 heterocycles. The first-order valence-electron chi connectivity index (χ1n) is 8.58. The zero-order valence-corrected chi connectivity index (χ0v) is 16.3. The van der Waals surface area contributed by atoms with E-state index in [0.29, 0.717) is 18.0 Å². The highest BCUT2D eigenvalue weighted by Gasteiger charge is 2.16. The lowest BCUT2D eigenvalue weighted by molar-refractivity contribution is -0.127. The highest BCUT2D eigenvalue weighted by Crippen LogP contribution is 2.27. The summed E-state index contributed by atoms with van der Waals surface area (Å²) in [6, 6.07) is 9.61. The third-order valence-corrected chi connectivity index (χ3v) is 4.35. The van der Waals surface area contributed by atoms with E-state index in [2.05, 4.69) is 11.4 Å². The van der Waals surface area contributed by atoms with Crippen molar-refractivity contribution >= 4 is 5.91 Å². The van der Waals surface area contributed by atoms with Crippen molar-refractivity contribution in [3.8, 4) is 17.2 Å². The fraction of sp³-hybridized carbons (Fsp3) is 0.381. The number of nitrogens with one attached hydrogen (secondary N) is 1. The van der Waals surface area contributed by atoms with Gasteiger partial charge in [0, 0.05) is 6.54 Å². The van der Waals surface area contributed by atoms with Gasteiger partial charge in [0.25, 0.3) is 5.91 Å². The van der Waals surface area contributed by atoms with Crippen LogP contribution in [0.1, 0.15) is 29.2 Å². The second-order valence-electron chi connectivity index (χ2n) is 6.37. The van der Waals surface area contributed by atoms with Crippen molar-refractivity contribution in [2.24, 2.45) is 0 Å². The lowest BCUT2D eigenvalue weighted by atomic mass is 10.1. The Hall–Kier alpha value is -2.69. The van der Waals surface area contributed by atoms with Gasteiger partial charge in [-0.15, -0.1) is 0 Å². The number of methoxy groups -OCH3 is 2. The van der Waals surface area contributed by atoms with Crippen LogP contribution in [0.2, 0.25) is 0 Å². The Bertz CT molecular complexity index is 786. The number of carbonyl (C=O) groups excluding carboxylic acids is 1. The number of amides is 1. The van der Waals surface area contributed by atoms with E-state index < -0.39 is 6.10 Å². The van der Waals surface area contributed by atoms with E-state index in [-0.39, 0.29) is 5.91 Å². The van der Waals surface area contributed by atoms with Crippen molar-refractivity contribution in [2.45, 2.75) is 40.3 Å². The van der Waals surface area contributed by atoms with Crippen LogP contribution in [-0.4, -0.2) is 26.2 Å². The van der Waals surface area contributed by atoms with Crippen molar-refractivity contribution in [3.63, 3.8) is 0 Å². The van der Waals surface area contributed by atoms with Crippen LogP contribution in [0, 0.1) is 20.8 Å². The van der Waals surface area contributed by atoms with E-state index in [4.69, 9.17) is 14.2 Å². The van der Waals surface area contributed by atoms with Crippen molar-refractivity contribution < 1.29 is 19.0 Å². The maximum absolute atomic E-state index is 12.4. The van der Waals surface area contributed by atoms with E-state index in [0.717, 1.165) is 28.0 Å². The summed E-state index contributed by atoms with van der Waals surface area (Å²) in [5, 5.41) is 2.90. The molecule has 0 spiro atoms. The molecule has 1 N–H and O–H groups in total. The second kappa shape index (κ2) is 8.61. The largest absolute Gasteiger partial charge is 0.493 e. The molecule has 5 heteroatoms. The number of benzene rings is 2. The number of carbonyl (C=O) groups is 1. The van der Waals surface area contributed by atoms with E-state index >= 15 is 0 Å². The van der Waals surface area contributed by atoms with E-state index in [9.17, 15) is 4.79 Å². The summed E-state index contributed by atoms with van der Waals surface area (Å²) in [5.41, 5.74) is 4.24. The molecule has 2 aromatic rings. The molecular weight excluding hydrogens is 330 g/mol. The second-order valence-corrected chi connectivity index (χ2v) is 6.37. The molecule has 0 radical (unpaired) electrons. The molecule has 0 saturated carbocycles. The monoisotopic (exact) mass is 357 g/mol. The van der Waals surface area contributed by atoms with Gasteiger partial charge in [0.1, 0.15) is 5.75 Å². The van der Waals surface area contributed by atoms with Crippen molar-refractivity contribution in [2.75, 3.05) is 14.2 Å². The van der Waals surface area contributed by atoms with E-state index in [1.54, 1.807) is 21.1 Å². The number of ether oxygens (including phenoxy) is 3. The zero-order valence-electron chi connectivity index (χ0n) is 16.3. The van der Waals surface area contributed by atoms with Crippen molar-refractivity contribution in [1.29, 1.82) is 0 Å². The van der Waals surface area contributed by atoms with Crippen LogP contribution in [0.5, 0.6) is 17.2 Å². The lowest BCUT2D eigenvalue weighted by Gasteiger charge is -2.18. The standard InChI is InChI=1S/C21H27NO4/c1-13-9-14(2)15(3)19(10-13)26-16(4)21(23)22-12-17-7-8-18(24-5)20(11-17)25-6/h7-11,16H,12H2,1-6H3,(H,22,23)/t16-/m1/s1. The molecule has 0 aliphatic heterocycles. The third-order valence-electron chi connectivity index (χ3n) is 4.35. The maximum Gasteiger partial charge on any atom is 0.261 e. The molecular formula is C21H27NO4. The van der Waals surface area contributed by atoms with Gasteiger partial charge in [-0.1, -0.05) is 12.1 Å². The number of rotatable bonds is 7. The molecule has 1 amide bonds. The molecule has 2 rings (SSSR count). The first kappa shape index (κ1) is 19.6. The maximum atomic E-state index is 12.4. The van der Waals surface area contributed by atoms with E-state index in [1.165, 1.54) is 0 Å². The summed E-state index contributed by atoms with van der Waals surface area (Å²) in [6.45, 7) is 8.19. The molecule has 0 aliphatic rings. The smallest absolute Gasteiger partial charge is 0.261 e. The number of hydrogen-bond donors (Lipinski definition) is 1. The normalized spacial score (nSPS) is 11.6. The Kier molecular flexibility index (Phi) is 6.50. The van der Waals surface area contributed by atoms with Crippen molar-refractivity contribution in [1.82, 2.24) is 5.32 Å². The molecule has 0 fully saturated rings.